The SMILES string of the molecule is COC(=O)CCCCN1C(=O)[C@@]2(O[C@@H](CCn3cc(C(CO)c4ccccc4)nn3)[C@H]([Si](C)(C)c3ccc(OC)cc3)[C@H]2C)c2cc(NC(=O)c3ccc(OC)cc3)ccc21. The van der Waals surface area contributed by atoms with Gasteiger partial charge in [0, 0.05) is 48.4 Å². The van der Waals surface area contributed by atoms with E-state index >= 15 is 4.79 Å². The quantitative estimate of drug-likeness (QED) is 0.0590. The normalized spacial score (nSPS) is 20.1. The highest BCUT2D eigenvalue weighted by molar-refractivity contribution is 6.91. The summed E-state index contributed by atoms with van der Waals surface area (Å²) in [5.74, 6) is 0.0529. The first-order valence-electron chi connectivity index (χ1n) is 20.8. The van der Waals surface area contributed by atoms with Crippen molar-refractivity contribution in [2.24, 2.45) is 5.92 Å². The lowest BCUT2D eigenvalue weighted by atomic mass is 9.82. The number of nitrogens with one attached hydrogen (secondary N) is 1. The first-order valence-corrected chi connectivity index (χ1v) is 23.9. The molecule has 2 N–H and O–H groups in total. The molecule has 61 heavy (non-hydrogen) atoms. The number of nitrogens with zero attached hydrogens (tertiary/aromatic N) is 4. The summed E-state index contributed by atoms with van der Waals surface area (Å²) in [6.07, 6.45) is 3.42. The van der Waals surface area contributed by atoms with E-state index in [4.69, 9.17) is 18.9 Å². The molecule has 7 rings (SSSR count). The van der Waals surface area contributed by atoms with Crippen LogP contribution in [0.5, 0.6) is 11.5 Å². The molecule has 0 radical (unpaired) electrons. The molecule has 4 aromatic carbocycles. The molecule has 2 aliphatic rings. The van der Waals surface area contributed by atoms with Gasteiger partial charge in [-0.1, -0.05) is 72.9 Å². The summed E-state index contributed by atoms with van der Waals surface area (Å²) >= 11 is 0. The molecule has 14 heteroatoms. The molecular formula is C47H55N5O8Si. The third kappa shape index (κ3) is 8.57. The number of aliphatic hydroxyl groups excluding tert-OH is 1. The van der Waals surface area contributed by atoms with Gasteiger partial charge in [0.05, 0.1) is 59.4 Å². The smallest absolute Gasteiger partial charge is 0.305 e. The van der Waals surface area contributed by atoms with Gasteiger partial charge in [0.15, 0.2) is 5.60 Å². The maximum Gasteiger partial charge on any atom is 0.305 e. The Morgan fingerprint density at radius 3 is 2.26 bits per heavy atom. The van der Waals surface area contributed by atoms with Crippen molar-refractivity contribution in [1.82, 2.24) is 15.0 Å². The summed E-state index contributed by atoms with van der Waals surface area (Å²) in [5.41, 5.74) is 2.62. The average molecular weight is 846 g/mol. The van der Waals surface area contributed by atoms with E-state index in [1.54, 1.807) is 48.1 Å². The number of rotatable bonds is 17. The topological polar surface area (TPSA) is 154 Å². The van der Waals surface area contributed by atoms with Gasteiger partial charge in [0.25, 0.3) is 11.8 Å². The second-order valence-electron chi connectivity index (χ2n) is 16.4. The molecule has 2 amide bonds. The second kappa shape index (κ2) is 18.4. The van der Waals surface area contributed by atoms with Crippen molar-refractivity contribution >= 4 is 42.4 Å². The van der Waals surface area contributed by atoms with E-state index in [0.717, 1.165) is 17.0 Å². The van der Waals surface area contributed by atoms with Gasteiger partial charge in [-0.2, -0.15) is 0 Å². The van der Waals surface area contributed by atoms with Crippen LogP contribution < -0.4 is 24.9 Å². The largest absolute Gasteiger partial charge is 0.497 e. The average Bonchev–Trinajstić information content (AvgIpc) is 3.94. The zero-order valence-corrected chi connectivity index (χ0v) is 36.7. The Labute approximate surface area is 358 Å². The highest BCUT2D eigenvalue weighted by atomic mass is 28.3. The summed E-state index contributed by atoms with van der Waals surface area (Å²) in [7, 11) is 2.13. The Balaban J connectivity index is 1.26. The fourth-order valence-electron chi connectivity index (χ4n) is 9.37. The molecule has 13 nitrogen and oxygen atoms in total. The highest BCUT2D eigenvalue weighted by Gasteiger charge is 2.66. The Kier molecular flexibility index (Phi) is 13.1. The number of carbonyl (C=O) groups excluding carboxylic acids is 3. The van der Waals surface area contributed by atoms with E-state index in [1.807, 2.05) is 66.9 Å². The van der Waals surface area contributed by atoms with Crippen LogP contribution in [0.1, 0.15) is 65.7 Å². The second-order valence-corrected chi connectivity index (χ2v) is 21.1. The zero-order chi connectivity index (χ0) is 43.3. The Hall–Kier alpha value is -5.83. The minimum Gasteiger partial charge on any atom is -0.497 e. The number of ether oxygens (including phenoxy) is 4. The Bertz CT molecular complexity index is 2320. The van der Waals surface area contributed by atoms with Crippen molar-refractivity contribution < 1.29 is 38.4 Å². The standard InChI is InChI=1S/C47H55N5O8Si/c1-31-44(61(5,6)37-22-20-36(58-3)21-23-37)42(25-27-51-29-40(49-50-51)38(30-53)32-12-8-7-9-13-32)60-47(31)39-28-34(48-45(55)33-15-18-35(57-2)19-16-33)17-24-41(39)52(46(47)56)26-11-10-14-43(54)59-4/h7-9,12-13,15-24,28-29,31,38,42,44,53H,10-11,14,25-27,30H2,1-6H3,(H,48,55)/t31-,38?,42+,44-,47+/m1/s1. The number of carbonyl (C=O) groups is 3. The third-order valence-corrected chi connectivity index (χ3v) is 17.0. The van der Waals surface area contributed by atoms with Crippen LogP contribution in [0, 0.1) is 5.92 Å². The van der Waals surface area contributed by atoms with E-state index < -0.39 is 13.7 Å². The lowest BCUT2D eigenvalue weighted by molar-refractivity contribution is -0.146. The molecule has 320 valence electrons. The maximum atomic E-state index is 15.3. The molecule has 3 heterocycles. The van der Waals surface area contributed by atoms with Crippen LogP contribution in [0.3, 0.4) is 0 Å². The van der Waals surface area contributed by atoms with Crippen molar-refractivity contribution in [3.05, 3.63) is 126 Å². The fraction of sp³-hybridized carbons (Fsp3) is 0.383. The number of aromatic nitrogens is 3. The van der Waals surface area contributed by atoms with Crippen LogP contribution >= 0.6 is 0 Å². The van der Waals surface area contributed by atoms with Crippen LogP contribution in [0.25, 0.3) is 0 Å². The molecule has 0 bridgehead atoms. The third-order valence-electron chi connectivity index (χ3n) is 12.6. The minimum atomic E-state index is -2.48. The number of fused-ring (bicyclic) bond motifs is 2. The zero-order valence-electron chi connectivity index (χ0n) is 35.7. The van der Waals surface area contributed by atoms with Gasteiger partial charge in [0.1, 0.15) is 11.5 Å². The first-order chi connectivity index (χ1) is 29.4. The van der Waals surface area contributed by atoms with Crippen LogP contribution in [0.2, 0.25) is 18.6 Å². The number of aliphatic hydroxyl groups is 1. The molecule has 0 aliphatic carbocycles. The Morgan fingerprint density at radius 1 is 0.918 bits per heavy atom. The summed E-state index contributed by atoms with van der Waals surface area (Å²) in [6, 6.07) is 30.5. The molecular weight excluding hydrogens is 791 g/mol. The number of anilines is 2. The van der Waals surface area contributed by atoms with Crippen LogP contribution in [0.4, 0.5) is 11.4 Å². The molecule has 1 saturated heterocycles. The number of amides is 2. The van der Waals surface area contributed by atoms with Gasteiger partial charge < -0.3 is 34.3 Å². The van der Waals surface area contributed by atoms with Crippen molar-refractivity contribution in [1.29, 1.82) is 0 Å². The van der Waals surface area contributed by atoms with Crippen LogP contribution in [0.15, 0.2) is 103 Å². The number of aryl methyl sites for hydroxylation is 1. The van der Waals surface area contributed by atoms with Crippen molar-refractivity contribution in [3.8, 4) is 11.5 Å². The van der Waals surface area contributed by atoms with Crippen LogP contribution in [-0.2, 0) is 31.2 Å². The van der Waals surface area contributed by atoms with Gasteiger partial charge in [0.2, 0.25) is 0 Å². The summed E-state index contributed by atoms with van der Waals surface area (Å²) in [5, 5.41) is 23.6. The molecule has 2 aliphatic heterocycles. The lowest BCUT2D eigenvalue weighted by Gasteiger charge is -2.37. The molecule has 1 unspecified atom stereocenters. The van der Waals surface area contributed by atoms with Gasteiger partial charge >= 0.3 is 5.97 Å². The highest BCUT2D eigenvalue weighted by Crippen LogP contribution is 2.60. The number of benzene rings is 4. The molecule has 1 fully saturated rings. The first kappa shape index (κ1) is 43.3. The van der Waals surface area contributed by atoms with Gasteiger partial charge in [-0.25, -0.2) is 0 Å². The number of methoxy groups -OCH3 is 3. The summed E-state index contributed by atoms with van der Waals surface area (Å²) < 4.78 is 24.8. The molecule has 5 atom stereocenters. The van der Waals surface area contributed by atoms with Crippen LogP contribution in [-0.4, -0.2) is 86.5 Å². The summed E-state index contributed by atoms with van der Waals surface area (Å²) in [4.78, 5) is 42.6. The number of hydrogen-bond donors (Lipinski definition) is 2. The minimum absolute atomic E-state index is 0.0491. The van der Waals surface area contributed by atoms with Crippen molar-refractivity contribution in [2.45, 2.75) is 75.4 Å². The molecule has 1 aromatic heterocycles. The molecule has 5 aromatic rings. The number of hydrogen-bond acceptors (Lipinski definition) is 10. The van der Waals surface area contributed by atoms with E-state index in [-0.39, 0.29) is 54.3 Å². The lowest BCUT2D eigenvalue weighted by Crippen LogP contribution is -2.52. The van der Waals surface area contributed by atoms with E-state index in [1.165, 1.54) is 12.3 Å². The summed E-state index contributed by atoms with van der Waals surface area (Å²) in [6.45, 7) is 7.53. The monoisotopic (exact) mass is 845 g/mol. The van der Waals surface area contributed by atoms with Gasteiger partial charge in [-0.15, -0.1) is 5.10 Å². The fourth-order valence-corrected chi connectivity index (χ4v) is 13.4. The van der Waals surface area contributed by atoms with E-state index in [0.29, 0.717) is 60.6 Å². The van der Waals surface area contributed by atoms with Gasteiger partial charge in [-0.3, -0.25) is 19.1 Å². The van der Waals surface area contributed by atoms with Crippen molar-refractivity contribution in [3.63, 3.8) is 0 Å². The number of esters is 1. The van der Waals surface area contributed by atoms with E-state index in [9.17, 15) is 14.7 Å². The maximum absolute atomic E-state index is 15.3. The predicted octanol–water partition coefficient (Wildman–Crippen LogP) is 6.67. The van der Waals surface area contributed by atoms with Gasteiger partial charge in [-0.05, 0) is 85.0 Å². The van der Waals surface area contributed by atoms with Crippen molar-refractivity contribution in [2.75, 3.05) is 44.7 Å². The molecule has 0 saturated carbocycles. The number of unbranched alkanes of at least 4 members (excludes halogenated alkanes) is 1. The predicted molar refractivity (Wildman–Crippen MR) is 235 cm³/mol. The molecule has 1 spiro atoms. The Morgan fingerprint density at radius 2 is 1.61 bits per heavy atom. The van der Waals surface area contributed by atoms with E-state index in [2.05, 4.69) is 47.8 Å².